The van der Waals surface area contributed by atoms with Gasteiger partial charge in [-0.1, -0.05) is 24.8 Å². The van der Waals surface area contributed by atoms with Gasteiger partial charge in [-0.05, 0) is 61.2 Å². The second-order valence-electron chi connectivity index (χ2n) is 6.74. The van der Waals surface area contributed by atoms with E-state index in [0.29, 0.717) is 18.6 Å². The third-order valence-corrected chi connectivity index (χ3v) is 5.63. The molecule has 9 heteroatoms. The number of aryl methyl sites for hydroxylation is 1. The number of Topliss-reactive ketones (excluding diaryl/α,β-unsaturated/α-hetero) is 1. The molecule has 2 amide bonds. The molecule has 0 aromatic heterocycles. The summed E-state index contributed by atoms with van der Waals surface area (Å²) in [5.41, 5.74) is 0.652. The predicted octanol–water partition coefficient (Wildman–Crippen LogP) is 5.16. The predicted molar refractivity (Wildman–Crippen MR) is 106 cm³/mol. The lowest BCUT2D eigenvalue weighted by Crippen LogP contribution is -2.25. The Kier molecular flexibility index (Phi) is 6.21. The van der Waals surface area contributed by atoms with Gasteiger partial charge in [0, 0.05) is 0 Å². The van der Waals surface area contributed by atoms with Crippen LogP contribution in [0.3, 0.4) is 0 Å². The number of imide groups is 1. The molecule has 1 heterocycles. The van der Waals surface area contributed by atoms with Gasteiger partial charge in [0.1, 0.15) is 11.5 Å². The Balaban J connectivity index is 1.86. The van der Waals surface area contributed by atoms with Crippen molar-refractivity contribution in [1.29, 1.82) is 0 Å². The number of ketones is 1. The molecular formula is C21H18F3NO4S. The standard InChI is InChI=1S/C21H18F3NO4S/c1-3-12-8-15(6-4-13(12)9-18-19(27)25-20(28)30-18)29-17-7-5-14(21(22,23)24)10-16(17)11(2)26/h4-8,10,18H,3,9H2,1-2H3,(H,25,27,28). The molecule has 5 nitrogen and oxygen atoms in total. The summed E-state index contributed by atoms with van der Waals surface area (Å²) in [4.78, 5) is 35.0. The zero-order valence-electron chi connectivity index (χ0n) is 16.1. The SMILES string of the molecule is CCc1cc(Oc2ccc(C(F)(F)F)cc2C(C)=O)ccc1CC1SC(=O)NC1=O. The van der Waals surface area contributed by atoms with E-state index >= 15 is 0 Å². The topological polar surface area (TPSA) is 72.5 Å². The van der Waals surface area contributed by atoms with Crippen LogP contribution in [0.4, 0.5) is 18.0 Å². The normalized spacial score (nSPS) is 16.5. The van der Waals surface area contributed by atoms with Gasteiger partial charge >= 0.3 is 6.18 Å². The Morgan fingerprint density at radius 1 is 1.13 bits per heavy atom. The molecule has 2 aromatic rings. The van der Waals surface area contributed by atoms with E-state index in [-0.39, 0.29) is 22.5 Å². The number of carbonyl (C=O) groups excluding carboxylic acids is 3. The molecular weight excluding hydrogens is 419 g/mol. The first-order chi connectivity index (χ1) is 14.1. The van der Waals surface area contributed by atoms with Crippen molar-refractivity contribution in [2.24, 2.45) is 0 Å². The van der Waals surface area contributed by atoms with Gasteiger partial charge in [-0.3, -0.25) is 19.7 Å². The van der Waals surface area contributed by atoms with E-state index in [1.165, 1.54) is 6.92 Å². The summed E-state index contributed by atoms with van der Waals surface area (Å²) in [5.74, 6) is -0.486. The molecule has 0 bridgehead atoms. The van der Waals surface area contributed by atoms with Crippen LogP contribution in [0.2, 0.25) is 0 Å². The minimum absolute atomic E-state index is 0.0293. The fourth-order valence-corrected chi connectivity index (χ4v) is 3.97. The van der Waals surface area contributed by atoms with Gasteiger partial charge in [-0.15, -0.1) is 0 Å². The van der Waals surface area contributed by atoms with Crippen molar-refractivity contribution in [3.8, 4) is 11.5 Å². The molecule has 0 saturated carbocycles. The smallest absolute Gasteiger partial charge is 0.416 e. The number of alkyl halides is 3. The third-order valence-electron chi connectivity index (χ3n) is 4.64. The van der Waals surface area contributed by atoms with Crippen LogP contribution in [0, 0.1) is 0 Å². The maximum absolute atomic E-state index is 12.9. The maximum Gasteiger partial charge on any atom is 0.416 e. The lowest BCUT2D eigenvalue weighted by atomic mass is 10.00. The minimum atomic E-state index is -4.56. The first-order valence-corrected chi connectivity index (χ1v) is 9.99. The molecule has 1 aliphatic rings. The van der Waals surface area contributed by atoms with Gasteiger partial charge in [0.25, 0.3) is 5.24 Å². The molecule has 0 radical (unpaired) electrons. The van der Waals surface area contributed by atoms with Gasteiger partial charge in [0.2, 0.25) is 5.91 Å². The molecule has 1 atom stereocenters. The summed E-state index contributed by atoms with van der Waals surface area (Å²) in [6, 6.07) is 7.86. The van der Waals surface area contributed by atoms with Crippen LogP contribution in [-0.4, -0.2) is 22.2 Å². The van der Waals surface area contributed by atoms with E-state index in [9.17, 15) is 27.6 Å². The lowest BCUT2D eigenvalue weighted by molar-refractivity contribution is -0.137. The van der Waals surface area contributed by atoms with Crippen LogP contribution in [0.5, 0.6) is 11.5 Å². The highest BCUT2D eigenvalue weighted by Gasteiger charge is 2.33. The van der Waals surface area contributed by atoms with Gasteiger partial charge in [0.15, 0.2) is 5.78 Å². The van der Waals surface area contributed by atoms with E-state index in [1.54, 1.807) is 18.2 Å². The minimum Gasteiger partial charge on any atom is -0.457 e. The molecule has 158 valence electrons. The molecule has 1 fully saturated rings. The molecule has 0 aliphatic carbocycles. The monoisotopic (exact) mass is 437 g/mol. The number of carbonyl (C=O) groups is 3. The van der Waals surface area contributed by atoms with E-state index in [0.717, 1.165) is 41.1 Å². The lowest BCUT2D eigenvalue weighted by Gasteiger charge is -2.15. The third kappa shape index (κ3) is 4.84. The van der Waals surface area contributed by atoms with Gasteiger partial charge in [0.05, 0.1) is 16.4 Å². The zero-order valence-corrected chi connectivity index (χ0v) is 16.9. The molecule has 1 saturated heterocycles. The fraction of sp³-hybridized carbons (Fsp3) is 0.286. The van der Waals surface area contributed by atoms with Crippen molar-refractivity contribution in [2.75, 3.05) is 0 Å². The van der Waals surface area contributed by atoms with Gasteiger partial charge in [-0.2, -0.15) is 13.2 Å². The summed E-state index contributed by atoms with van der Waals surface area (Å²) in [6.07, 6.45) is -3.58. The average Bonchev–Trinajstić information content (AvgIpc) is 2.99. The summed E-state index contributed by atoms with van der Waals surface area (Å²) >= 11 is 0.943. The van der Waals surface area contributed by atoms with Crippen LogP contribution in [0.15, 0.2) is 36.4 Å². The summed E-state index contributed by atoms with van der Waals surface area (Å²) in [7, 11) is 0. The Hall–Kier alpha value is -2.81. The second-order valence-corrected chi connectivity index (χ2v) is 7.91. The highest BCUT2D eigenvalue weighted by atomic mass is 32.2. The summed E-state index contributed by atoms with van der Waals surface area (Å²) in [5, 5.41) is 1.37. The first-order valence-electron chi connectivity index (χ1n) is 9.11. The molecule has 1 unspecified atom stereocenters. The number of hydrogen-bond donors (Lipinski definition) is 1. The number of nitrogens with one attached hydrogen (secondary N) is 1. The number of thioether (sulfide) groups is 1. The van der Waals surface area contributed by atoms with Crippen LogP contribution < -0.4 is 10.1 Å². The van der Waals surface area contributed by atoms with Crippen molar-refractivity contribution >= 4 is 28.7 Å². The number of amides is 2. The molecule has 2 aromatic carbocycles. The van der Waals surface area contributed by atoms with Gasteiger partial charge in [-0.25, -0.2) is 0 Å². The Morgan fingerprint density at radius 3 is 2.43 bits per heavy atom. The Morgan fingerprint density at radius 2 is 1.87 bits per heavy atom. The number of halogens is 3. The molecule has 3 rings (SSSR count). The fourth-order valence-electron chi connectivity index (χ4n) is 3.12. The quantitative estimate of drug-likeness (QED) is 0.633. The van der Waals surface area contributed by atoms with E-state index in [2.05, 4.69) is 5.32 Å². The van der Waals surface area contributed by atoms with Crippen molar-refractivity contribution in [3.63, 3.8) is 0 Å². The number of hydrogen-bond acceptors (Lipinski definition) is 5. The Bertz CT molecular complexity index is 1020. The van der Waals surface area contributed by atoms with Crippen molar-refractivity contribution in [1.82, 2.24) is 5.32 Å². The number of ether oxygens (including phenoxy) is 1. The Labute approximate surface area is 175 Å². The zero-order chi connectivity index (χ0) is 22.1. The van der Waals surface area contributed by atoms with Crippen LogP contribution in [0.25, 0.3) is 0 Å². The summed E-state index contributed by atoms with van der Waals surface area (Å²) in [6.45, 7) is 3.09. The maximum atomic E-state index is 12.9. The van der Waals surface area contributed by atoms with E-state index < -0.39 is 22.8 Å². The average molecular weight is 437 g/mol. The molecule has 30 heavy (non-hydrogen) atoms. The van der Waals surface area contributed by atoms with Gasteiger partial charge < -0.3 is 4.74 Å². The molecule has 1 aliphatic heterocycles. The van der Waals surface area contributed by atoms with Crippen LogP contribution >= 0.6 is 11.8 Å². The first kappa shape index (κ1) is 21.9. The highest BCUT2D eigenvalue weighted by Crippen LogP contribution is 2.35. The van der Waals surface area contributed by atoms with Crippen LogP contribution in [0.1, 0.15) is 40.9 Å². The number of rotatable bonds is 6. The number of benzene rings is 2. The largest absolute Gasteiger partial charge is 0.457 e. The van der Waals surface area contributed by atoms with Crippen LogP contribution in [-0.2, 0) is 23.8 Å². The van der Waals surface area contributed by atoms with E-state index in [4.69, 9.17) is 4.74 Å². The van der Waals surface area contributed by atoms with Crippen molar-refractivity contribution in [2.45, 2.75) is 38.1 Å². The summed E-state index contributed by atoms with van der Waals surface area (Å²) < 4.78 is 44.6. The van der Waals surface area contributed by atoms with Crippen molar-refractivity contribution in [3.05, 3.63) is 58.7 Å². The molecule has 0 spiro atoms. The van der Waals surface area contributed by atoms with E-state index in [1.807, 2.05) is 6.92 Å². The second kappa shape index (κ2) is 8.51. The van der Waals surface area contributed by atoms with Crippen molar-refractivity contribution < 1.29 is 32.3 Å². The molecule has 1 N–H and O–H groups in total. The highest BCUT2D eigenvalue weighted by molar-refractivity contribution is 8.15.